The summed E-state index contributed by atoms with van der Waals surface area (Å²) in [5, 5.41) is 10.6. The number of rotatable bonds is 4. The Morgan fingerprint density at radius 1 is 1.63 bits per heavy atom. The van der Waals surface area contributed by atoms with Crippen LogP contribution in [0.3, 0.4) is 0 Å². The van der Waals surface area contributed by atoms with Crippen LogP contribution in [0.15, 0.2) is 18.3 Å². The van der Waals surface area contributed by atoms with Gasteiger partial charge in [0.2, 0.25) is 0 Å². The second-order valence-electron chi connectivity index (χ2n) is 5.74. The average molecular weight is 264 g/mol. The third-order valence-corrected chi connectivity index (χ3v) is 4.34. The summed E-state index contributed by atoms with van der Waals surface area (Å²) in [4.78, 5) is 4.07. The molecule has 1 heterocycles. The fourth-order valence-corrected chi connectivity index (χ4v) is 3.19. The topological polar surface area (TPSA) is 68.4 Å². The molecular weight excluding hydrogens is 240 g/mol. The van der Waals surface area contributed by atoms with Gasteiger partial charge in [0.05, 0.1) is 11.7 Å². The molecule has 1 saturated carbocycles. The quantitative estimate of drug-likeness (QED) is 0.874. The van der Waals surface area contributed by atoms with Crippen molar-refractivity contribution >= 4 is 5.82 Å². The minimum atomic E-state index is -0.535. The Morgan fingerprint density at radius 3 is 3.05 bits per heavy atom. The first kappa shape index (κ1) is 14.3. The molecule has 4 nitrogen and oxygen atoms in total. The number of nitrogens with zero attached hydrogens (tertiary/aromatic N) is 1. The molecular formula is C15H24N2O2. The molecule has 0 amide bonds. The van der Waals surface area contributed by atoms with Gasteiger partial charge in [-0.2, -0.15) is 0 Å². The molecule has 0 bridgehead atoms. The summed E-state index contributed by atoms with van der Waals surface area (Å²) in [6.45, 7) is 2.22. The van der Waals surface area contributed by atoms with Gasteiger partial charge < -0.3 is 15.6 Å². The predicted molar refractivity (Wildman–Crippen MR) is 75.7 cm³/mol. The lowest BCUT2D eigenvalue weighted by Crippen LogP contribution is -2.48. The Balaban J connectivity index is 2.13. The minimum absolute atomic E-state index is 0.431. The van der Waals surface area contributed by atoms with Crippen LogP contribution in [0, 0.1) is 5.92 Å². The smallest absolute Gasteiger partial charge is 0.126 e. The van der Waals surface area contributed by atoms with E-state index in [2.05, 4.69) is 11.9 Å². The highest BCUT2D eigenvalue weighted by Crippen LogP contribution is 2.38. The molecule has 1 aliphatic rings. The summed E-state index contributed by atoms with van der Waals surface area (Å²) in [6.07, 6.45) is 5.77. The van der Waals surface area contributed by atoms with Crippen molar-refractivity contribution < 1.29 is 9.84 Å². The van der Waals surface area contributed by atoms with Crippen LogP contribution >= 0.6 is 0 Å². The summed E-state index contributed by atoms with van der Waals surface area (Å²) in [5.74, 6) is 1.09. The van der Waals surface area contributed by atoms with Gasteiger partial charge in [0.1, 0.15) is 5.82 Å². The number of hydrogen-bond donors (Lipinski definition) is 2. The third-order valence-electron chi connectivity index (χ3n) is 4.34. The van der Waals surface area contributed by atoms with Crippen molar-refractivity contribution in [2.45, 2.75) is 50.7 Å². The van der Waals surface area contributed by atoms with Crippen LogP contribution in [-0.4, -0.2) is 28.9 Å². The maximum absolute atomic E-state index is 10.6. The molecule has 106 valence electrons. The first-order chi connectivity index (χ1) is 9.07. The molecule has 1 aliphatic carbocycles. The highest BCUT2D eigenvalue weighted by molar-refractivity contribution is 5.39. The average Bonchev–Trinajstić information content (AvgIpc) is 2.41. The monoisotopic (exact) mass is 264 g/mol. The van der Waals surface area contributed by atoms with Crippen LogP contribution in [0.2, 0.25) is 0 Å². The van der Waals surface area contributed by atoms with Crippen molar-refractivity contribution in [3.8, 4) is 0 Å². The molecule has 3 atom stereocenters. The second kappa shape index (κ2) is 5.88. The standard InChI is InChI=1S/C15H24N2O2/c1-11-5-3-7-15(10-11,19-2)13(18)9-12-6-4-8-17-14(12)16/h4,6,8,11,13,18H,3,5,7,9-10H2,1-2H3,(H2,16,17). The lowest BCUT2D eigenvalue weighted by atomic mass is 9.74. The van der Waals surface area contributed by atoms with Crippen LogP contribution in [0.1, 0.15) is 38.2 Å². The van der Waals surface area contributed by atoms with Crippen molar-refractivity contribution in [3.05, 3.63) is 23.9 Å². The van der Waals surface area contributed by atoms with Crippen molar-refractivity contribution in [2.75, 3.05) is 12.8 Å². The second-order valence-corrected chi connectivity index (χ2v) is 5.74. The molecule has 0 aromatic carbocycles. The molecule has 19 heavy (non-hydrogen) atoms. The minimum Gasteiger partial charge on any atom is -0.390 e. The normalized spacial score (nSPS) is 29.1. The lowest BCUT2D eigenvalue weighted by Gasteiger charge is -2.42. The molecule has 1 fully saturated rings. The number of aliphatic hydroxyl groups excluding tert-OH is 1. The number of anilines is 1. The first-order valence-corrected chi connectivity index (χ1v) is 7.00. The number of pyridine rings is 1. The molecule has 4 heteroatoms. The Morgan fingerprint density at radius 2 is 2.42 bits per heavy atom. The molecule has 3 unspecified atom stereocenters. The van der Waals surface area contributed by atoms with Gasteiger partial charge in [-0.25, -0.2) is 4.98 Å². The largest absolute Gasteiger partial charge is 0.390 e. The van der Waals surface area contributed by atoms with Gasteiger partial charge in [-0.3, -0.25) is 0 Å². The van der Waals surface area contributed by atoms with Crippen LogP contribution in [-0.2, 0) is 11.2 Å². The lowest BCUT2D eigenvalue weighted by molar-refractivity contribution is -0.131. The highest BCUT2D eigenvalue weighted by atomic mass is 16.5. The van der Waals surface area contributed by atoms with E-state index in [1.165, 1.54) is 6.42 Å². The van der Waals surface area contributed by atoms with Gasteiger partial charge in [0.25, 0.3) is 0 Å². The summed E-state index contributed by atoms with van der Waals surface area (Å²) in [5.41, 5.74) is 6.31. The maximum atomic E-state index is 10.6. The molecule has 3 N–H and O–H groups in total. The number of hydrogen-bond acceptors (Lipinski definition) is 4. The maximum Gasteiger partial charge on any atom is 0.126 e. The number of nitrogen functional groups attached to an aromatic ring is 1. The van der Waals surface area contributed by atoms with Gasteiger partial charge in [0, 0.05) is 19.7 Å². The van der Waals surface area contributed by atoms with Crippen LogP contribution in [0.5, 0.6) is 0 Å². The van der Waals surface area contributed by atoms with E-state index in [-0.39, 0.29) is 0 Å². The van der Waals surface area contributed by atoms with Gasteiger partial charge in [-0.15, -0.1) is 0 Å². The Kier molecular flexibility index (Phi) is 4.42. The molecule has 0 spiro atoms. The Labute approximate surface area is 115 Å². The van der Waals surface area contributed by atoms with Crippen molar-refractivity contribution in [2.24, 2.45) is 5.92 Å². The zero-order valence-electron chi connectivity index (χ0n) is 11.8. The van der Waals surface area contributed by atoms with Crippen LogP contribution < -0.4 is 5.73 Å². The van der Waals surface area contributed by atoms with Crippen LogP contribution in [0.25, 0.3) is 0 Å². The van der Waals surface area contributed by atoms with E-state index in [1.54, 1.807) is 13.3 Å². The zero-order valence-corrected chi connectivity index (χ0v) is 11.8. The van der Waals surface area contributed by atoms with Gasteiger partial charge >= 0.3 is 0 Å². The number of nitrogens with two attached hydrogens (primary N) is 1. The van der Waals surface area contributed by atoms with E-state index < -0.39 is 11.7 Å². The van der Waals surface area contributed by atoms with Crippen molar-refractivity contribution in [3.63, 3.8) is 0 Å². The zero-order chi connectivity index (χ0) is 13.9. The van der Waals surface area contributed by atoms with E-state index in [0.29, 0.717) is 18.2 Å². The summed E-state index contributed by atoms with van der Waals surface area (Å²) in [6, 6.07) is 3.77. The van der Waals surface area contributed by atoms with Crippen molar-refractivity contribution in [1.29, 1.82) is 0 Å². The first-order valence-electron chi connectivity index (χ1n) is 7.00. The Bertz CT molecular complexity index is 424. The fraction of sp³-hybridized carbons (Fsp3) is 0.667. The van der Waals surface area contributed by atoms with Gasteiger partial charge in [-0.1, -0.05) is 25.8 Å². The number of aromatic nitrogens is 1. The molecule has 1 aromatic heterocycles. The molecule has 2 rings (SSSR count). The highest BCUT2D eigenvalue weighted by Gasteiger charge is 2.41. The van der Waals surface area contributed by atoms with Gasteiger partial charge in [-0.05, 0) is 30.4 Å². The third kappa shape index (κ3) is 3.07. The fourth-order valence-electron chi connectivity index (χ4n) is 3.19. The SMILES string of the molecule is COC1(C(O)Cc2cccnc2N)CCCC(C)C1. The summed E-state index contributed by atoms with van der Waals surface area (Å²) >= 11 is 0. The summed E-state index contributed by atoms with van der Waals surface area (Å²) < 4.78 is 5.71. The van der Waals surface area contributed by atoms with E-state index in [1.807, 2.05) is 12.1 Å². The van der Waals surface area contributed by atoms with Crippen LogP contribution in [0.4, 0.5) is 5.82 Å². The predicted octanol–water partition coefficient (Wildman–Crippen LogP) is 2.16. The molecule has 1 aromatic rings. The van der Waals surface area contributed by atoms with Gasteiger partial charge in [0.15, 0.2) is 0 Å². The van der Waals surface area contributed by atoms with E-state index >= 15 is 0 Å². The number of methoxy groups -OCH3 is 1. The molecule has 0 aliphatic heterocycles. The van der Waals surface area contributed by atoms with Crippen molar-refractivity contribution in [1.82, 2.24) is 4.98 Å². The van der Waals surface area contributed by atoms with E-state index in [9.17, 15) is 5.11 Å². The number of ether oxygens (including phenoxy) is 1. The molecule has 0 saturated heterocycles. The Hall–Kier alpha value is -1.13. The summed E-state index contributed by atoms with van der Waals surface area (Å²) in [7, 11) is 1.70. The molecule has 0 radical (unpaired) electrons. The van der Waals surface area contributed by atoms with E-state index in [0.717, 1.165) is 24.8 Å². The van der Waals surface area contributed by atoms with E-state index in [4.69, 9.17) is 10.5 Å². The number of aliphatic hydroxyl groups is 1.